The Morgan fingerprint density at radius 2 is 2.58 bits per heavy atom. The lowest BCUT2D eigenvalue weighted by Gasteiger charge is -1.98. The van der Waals surface area contributed by atoms with Crippen LogP contribution in [0.2, 0.25) is 0 Å². The van der Waals surface area contributed by atoms with E-state index in [9.17, 15) is 4.79 Å². The predicted molar refractivity (Wildman–Crippen MR) is 44.1 cm³/mol. The molecule has 0 bridgehead atoms. The van der Waals surface area contributed by atoms with E-state index in [1.165, 1.54) is 6.08 Å². The van der Waals surface area contributed by atoms with E-state index in [0.717, 1.165) is 5.69 Å². The number of carbonyl (C=O) groups excluding carboxylic acids is 1. The molecule has 1 aromatic rings. The molecule has 1 heterocycles. The van der Waals surface area contributed by atoms with Crippen molar-refractivity contribution in [2.75, 3.05) is 0 Å². The fourth-order valence-corrected chi connectivity index (χ4v) is 0.678. The Morgan fingerprint density at radius 1 is 1.75 bits per heavy atom. The van der Waals surface area contributed by atoms with E-state index in [2.05, 4.69) is 22.1 Å². The summed E-state index contributed by atoms with van der Waals surface area (Å²) in [7, 11) is 0. The number of rotatable bonds is 3. The van der Waals surface area contributed by atoms with Crippen LogP contribution in [0.1, 0.15) is 5.69 Å². The van der Waals surface area contributed by atoms with Gasteiger partial charge in [0, 0.05) is 6.20 Å². The van der Waals surface area contributed by atoms with Gasteiger partial charge in [-0.15, -0.1) is 0 Å². The summed E-state index contributed by atoms with van der Waals surface area (Å²) in [4.78, 5) is 10.7. The maximum absolute atomic E-state index is 10.7. The molecule has 0 atom stereocenters. The van der Waals surface area contributed by atoms with Crippen molar-refractivity contribution in [2.45, 2.75) is 6.54 Å². The van der Waals surface area contributed by atoms with Crippen molar-refractivity contribution in [2.24, 2.45) is 0 Å². The van der Waals surface area contributed by atoms with Gasteiger partial charge in [0.15, 0.2) is 0 Å². The lowest BCUT2D eigenvalue weighted by molar-refractivity contribution is -0.116. The van der Waals surface area contributed by atoms with Crippen molar-refractivity contribution in [3.05, 3.63) is 36.7 Å². The Morgan fingerprint density at radius 3 is 3.17 bits per heavy atom. The zero-order valence-electron chi connectivity index (χ0n) is 6.53. The fourth-order valence-electron chi connectivity index (χ4n) is 0.678. The summed E-state index contributed by atoms with van der Waals surface area (Å²) in [6.45, 7) is 3.71. The minimum atomic E-state index is -0.208. The first-order valence-corrected chi connectivity index (χ1v) is 3.50. The van der Waals surface area contributed by atoms with Crippen molar-refractivity contribution in [3.8, 4) is 0 Å². The minimum absolute atomic E-state index is 0.208. The summed E-state index contributed by atoms with van der Waals surface area (Å²) in [6, 6.07) is 3.55. The van der Waals surface area contributed by atoms with Gasteiger partial charge in [-0.3, -0.25) is 4.79 Å². The van der Waals surface area contributed by atoms with Crippen LogP contribution in [0.25, 0.3) is 0 Å². The van der Waals surface area contributed by atoms with Gasteiger partial charge in [-0.2, -0.15) is 10.2 Å². The second-order valence-corrected chi connectivity index (χ2v) is 2.14. The quantitative estimate of drug-likeness (QED) is 0.651. The number of nitrogens with one attached hydrogen (secondary N) is 1. The molecule has 0 spiro atoms. The molecule has 4 nitrogen and oxygen atoms in total. The molecule has 1 rings (SSSR count). The second-order valence-electron chi connectivity index (χ2n) is 2.14. The highest BCUT2D eigenvalue weighted by Crippen LogP contribution is 1.88. The lowest BCUT2D eigenvalue weighted by Crippen LogP contribution is -2.20. The van der Waals surface area contributed by atoms with E-state index in [-0.39, 0.29) is 5.91 Å². The molecule has 0 fully saturated rings. The molecule has 0 aliphatic heterocycles. The van der Waals surface area contributed by atoms with E-state index in [1.54, 1.807) is 18.3 Å². The number of hydrogen-bond donors (Lipinski definition) is 1. The van der Waals surface area contributed by atoms with Gasteiger partial charge in [0.05, 0.1) is 12.2 Å². The van der Waals surface area contributed by atoms with Crippen LogP contribution >= 0.6 is 0 Å². The number of nitrogens with zero attached hydrogens (tertiary/aromatic N) is 2. The summed E-state index contributed by atoms with van der Waals surface area (Å²) in [5.74, 6) is -0.208. The Hall–Kier alpha value is -1.71. The van der Waals surface area contributed by atoms with Crippen molar-refractivity contribution in [1.29, 1.82) is 0 Å². The van der Waals surface area contributed by atoms with E-state index in [1.807, 2.05) is 0 Å². The third-order valence-corrected chi connectivity index (χ3v) is 1.26. The van der Waals surface area contributed by atoms with Crippen LogP contribution in [0.15, 0.2) is 31.0 Å². The highest BCUT2D eigenvalue weighted by molar-refractivity contribution is 5.86. The average Bonchev–Trinajstić information content (AvgIpc) is 2.16. The lowest BCUT2D eigenvalue weighted by atomic mass is 10.4. The van der Waals surface area contributed by atoms with Gasteiger partial charge in [0.1, 0.15) is 0 Å². The number of aromatic nitrogens is 2. The maximum atomic E-state index is 10.7. The van der Waals surface area contributed by atoms with Gasteiger partial charge >= 0.3 is 0 Å². The normalized spacial score (nSPS) is 9.00. The molecule has 1 aromatic heterocycles. The van der Waals surface area contributed by atoms with Crippen LogP contribution in [-0.4, -0.2) is 16.1 Å². The highest BCUT2D eigenvalue weighted by atomic mass is 16.1. The third kappa shape index (κ3) is 2.49. The molecular weight excluding hydrogens is 154 g/mol. The van der Waals surface area contributed by atoms with Crippen LogP contribution < -0.4 is 5.32 Å². The maximum Gasteiger partial charge on any atom is 0.243 e. The molecule has 0 saturated heterocycles. The van der Waals surface area contributed by atoms with E-state index in [0.29, 0.717) is 6.54 Å². The third-order valence-electron chi connectivity index (χ3n) is 1.26. The number of carbonyl (C=O) groups is 1. The first-order valence-electron chi connectivity index (χ1n) is 3.50. The molecule has 0 saturated carbocycles. The van der Waals surface area contributed by atoms with Gasteiger partial charge in [-0.05, 0) is 18.2 Å². The molecule has 1 amide bonds. The van der Waals surface area contributed by atoms with Crippen LogP contribution in [0, 0.1) is 0 Å². The largest absolute Gasteiger partial charge is 0.347 e. The van der Waals surface area contributed by atoms with Gasteiger partial charge < -0.3 is 5.32 Å². The van der Waals surface area contributed by atoms with Crippen LogP contribution in [0.5, 0.6) is 0 Å². The predicted octanol–water partition coefficient (Wildman–Crippen LogP) is 0.279. The zero-order valence-corrected chi connectivity index (χ0v) is 6.53. The molecule has 0 aliphatic rings. The Labute approximate surface area is 70.3 Å². The van der Waals surface area contributed by atoms with E-state index < -0.39 is 0 Å². The van der Waals surface area contributed by atoms with Crippen molar-refractivity contribution in [1.82, 2.24) is 15.5 Å². The Kier molecular flexibility index (Phi) is 2.95. The number of amides is 1. The van der Waals surface area contributed by atoms with Gasteiger partial charge in [0.2, 0.25) is 5.91 Å². The molecule has 1 N–H and O–H groups in total. The standard InChI is InChI=1S/C8H9N3O/c1-2-8(12)9-6-7-4-3-5-10-11-7/h2-5H,1,6H2,(H,9,12). The number of hydrogen-bond acceptors (Lipinski definition) is 3. The molecule has 62 valence electrons. The molecule has 4 heteroatoms. The first kappa shape index (κ1) is 8.39. The average molecular weight is 163 g/mol. The monoisotopic (exact) mass is 163 g/mol. The molecule has 12 heavy (non-hydrogen) atoms. The Balaban J connectivity index is 2.43. The van der Waals surface area contributed by atoms with Crippen LogP contribution in [-0.2, 0) is 11.3 Å². The summed E-state index contributed by atoms with van der Waals surface area (Å²) in [5.41, 5.74) is 0.729. The molecular formula is C8H9N3O. The van der Waals surface area contributed by atoms with Crippen molar-refractivity contribution < 1.29 is 4.79 Å². The first-order chi connectivity index (χ1) is 5.83. The van der Waals surface area contributed by atoms with E-state index in [4.69, 9.17) is 0 Å². The van der Waals surface area contributed by atoms with Crippen molar-refractivity contribution in [3.63, 3.8) is 0 Å². The SMILES string of the molecule is C=CC(=O)NCc1cccnn1. The Bertz CT molecular complexity index is 271. The van der Waals surface area contributed by atoms with Crippen LogP contribution in [0.3, 0.4) is 0 Å². The van der Waals surface area contributed by atoms with Gasteiger partial charge in [0.25, 0.3) is 0 Å². The summed E-state index contributed by atoms with van der Waals surface area (Å²) in [5, 5.41) is 10.0. The summed E-state index contributed by atoms with van der Waals surface area (Å²) in [6.07, 6.45) is 2.80. The molecule has 0 radical (unpaired) electrons. The molecule has 0 unspecified atom stereocenters. The highest BCUT2D eigenvalue weighted by Gasteiger charge is 1.95. The van der Waals surface area contributed by atoms with Crippen LogP contribution in [0.4, 0.5) is 0 Å². The van der Waals surface area contributed by atoms with Crippen molar-refractivity contribution >= 4 is 5.91 Å². The topological polar surface area (TPSA) is 54.9 Å². The smallest absolute Gasteiger partial charge is 0.243 e. The summed E-state index contributed by atoms with van der Waals surface area (Å²) < 4.78 is 0. The second kappa shape index (κ2) is 4.23. The fraction of sp³-hybridized carbons (Fsp3) is 0.125. The summed E-state index contributed by atoms with van der Waals surface area (Å²) >= 11 is 0. The van der Waals surface area contributed by atoms with E-state index >= 15 is 0 Å². The van der Waals surface area contributed by atoms with Gasteiger partial charge in [-0.25, -0.2) is 0 Å². The molecule has 0 aliphatic carbocycles. The molecule has 0 aromatic carbocycles. The minimum Gasteiger partial charge on any atom is -0.347 e. The zero-order chi connectivity index (χ0) is 8.81. The van der Waals surface area contributed by atoms with Gasteiger partial charge in [-0.1, -0.05) is 6.58 Å².